The second-order valence-electron chi connectivity index (χ2n) is 6.38. The molecule has 0 aliphatic heterocycles. The molecule has 1 atom stereocenters. The second kappa shape index (κ2) is 8.94. The lowest BCUT2D eigenvalue weighted by molar-refractivity contribution is 0.0845. The van der Waals surface area contributed by atoms with Crippen LogP contribution in [0.2, 0.25) is 0 Å². The summed E-state index contributed by atoms with van der Waals surface area (Å²) in [5, 5.41) is 4.57. The number of ether oxygens (including phenoxy) is 1. The lowest BCUT2D eigenvalue weighted by Crippen LogP contribution is -2.25. The van der Waals surface area contributed by atoms with Gasteiger partial charge in [-0.2, -0.15) is 0 Å². The van der Waals surface area contributed by atoms with Gasteiger partial charge in [0.05, 0.1) is 18.9 Å². The van der Waals surface area contributed by atoms with Crippen LogP contribution in [-0.2, 0) is 11.3 Å². The van der Waals surface area contributed by atoms with Crippen LogP contribution in [0.5, 0.6) is 0 Å². The fourth-order valence-electron chi connectivity index (χ4n) is 2.48. The van der Waals surface area contributed by atoms with E-state index in [0.717, 1.165) is 29.5 Å². The Kier molecular flexibility index (Phi) is 6.39. The molecular formula is C20H24N2O2S. The van der Waals surface area contributed by atoms with Crippen molar-refractivity contribution in [1.82, 2.24) is 10.3 Å². The van der Waals surface area contributed by atoms with Crippen molar-refractivity contribution in [2.75, 3.05) is 13.2 Å². The summed E-state index contributed by atoms with van der Waals surface area (Å²) in [6.07, 6.45) is 3.64. The van der Waals surface area contributed by atoms with Crippen LogP contribution in [0.1, 0.15) is 30.5 Å². The third kappa shape index (κ3) is 5.26. The van der Waals surface area contributed by atoms with E-state index in [1.807, 2.05) is 36.5 Å². The molecule has 0 saturated carbocycles. The molecule has 0 aliphatic carbocycles. The molecule has 1 aromatic carbocycles. The summed E-state index contributed by atoms with van der Waals surface area (Å²) in [7, 11) is 0. The van der Waals surface area contributed by atoms with Gasteiger partial charge in [0.25, 0.3) is 0 Å². The van der Waals surface area contributed by atoms with Crippen molar-refractivity contribution in [3.8, 4) is 10.6 Å². The third-order valence-corrected chi connectivity index (χ3v) is 4.77. The summed E-state index contributed by atoms with van der Waals surface area (Å²) in [6, 6.07) is 14.2. The van der Waals surface area contributed by atoms with E-state index in [-0.39, 0.29) is 6.04 Å². The van der Waals surface area contributed by atoms with Crippen LogP contribution in [0.4, 0.5) is 0 Å². The molecule has 3 aromatic rings. The molecule has 3 rings (SSSR count). The van der Waals surface area contributed by atoms with E-state index in [1.54, 1.807) is 17.6 Å². The summed E-state index contributed by atoms with van der Waals surface area (Å²) in [5.74, 6) is 1.42. The molecule has 0 spiro atoms. The van der Waals surface area contributed by atoms with Gasteiger partial charge in [-0.25, -0.2) is 4.98 Å². The van der Waals surface area contributed by atoms with E-state index in [4.69, 9.17) is 9.15 Å². The van der Waals surface area contributed by atoms with E-state index < -0.39 is 0 Å². The summed E-state index contributed by atoms with van der Waals surface area (Å²) in [5.41, 5.74) is 1.15. The van der Waals surface area contributed by atoms with Crippen LogP contribution in [0, 0.1) is 5.92 Å². The smallest absolute Gasteiger partial charge is 0.123 e. The molecule has 2 aromatic heterocycles. The van der Waals surface area contributed by atoms with Crippen molar-refractivity contribution in [3.05, 3.63) is 65.6 Å². The van der Waals surface area contributed by atoms with Crippen molar-refractivity contribution >= 4 is 11.3 Å². The maximum absolute atomic E-state index is 5.81. The summed E-state index contributed by atoms with van der Waals surface area (Å²) < 4.78 is 11.4. The van der Waals surface area contributed by atoms with Gasteiger partial charge < -0.3 is 14.5 Å². The SMILES string of the molecule is CC(C)COCC(NCc1cnc(-c2ccccc2)s1)c1ccco1. The van der Waals surface area contributed by atoms with Crippen molar-refractivity contribution in [2.24, 2.45) is 5.92 Å². The van der Waals surface area contributed by atoms with Crippen LogP contribution in [0.25, 0.3) is 10.6 Å². The fraction of sp³-hybridized carbons (Fsp3) is 0.350. The molecule has 0 fully saturated rings. The number of rotatable bonds is 9. The van der Waals surface area contributed by atoms with E-state index in [2.05, 4.69) is 36.3 Å². The van der Waals surface area contributed by atoms with Crippen LogP contribution in [0.3, 0.4) is 0 Å². The molecule has 0 amide bonds. The highest BCUT2D eigenvalue weighted by Gasteiger charge is 2.15. The predicted octanol–water partition coefficient (Wildman–Crippen LogP) is 4.91. The first-order valence-corrected chi connectivity index (χ1v) is 9.38. The number of thiazole rings is 1. The maximum atomic E-state index is 5.81. The van der Waals surface area contributed by atoms with Gasteiger partial charge in [-0.3, -0.25) is 0 Å². The number of nitrogens with one attached hydrogen (secondary N) is 1. The highest BCUT2D eigenvalue weighted by Crippen LogP contribution is 2.25. The molecule has 0 radical (unpaired) electrons. The fourth-order valence-corrected chi connectivity index (χ4v) is 3.35. The van der Waals surface area contributed by atoms with Gasteiger partial charge in [-0.15, -0.1) is 11.3 Å². The zero-order valence-electron chi connectivity index (χ0n) is 14.6. The normalized spacial score (nSPS) is 12.6. The lowest BCUT2D eigenvalue weighted by Gasteiger charge is -2.17. The molecule has 1 N–H and O–H groups in total. The second-order valence-corrected chi connectivity index (χ2v) is 7.49. The van der Waals surface area contributed by atoms with Gasteiger partial charge in [-0.1, -0.05) is 44.2 Å². The Balaban J connectivity index is 1.60. The van der Waals surface area contributed by atoms with Crippen LogP contribution >= 0.6 is 11.3 Å². The molecule has 1 unspecified atom stereocenters. The standard InChI is InChI=1S/C20H24N2O2S/c1-15(2)13-23-14-18(19-9-6-10-24-19)21-11-17-12-22-20(25-17)16-7-4-3-5-8-16/h3-10,12,15,18,21H,11,13-14H2,1-2H3. The Labute approximate surface area is 152 Å². The van der Waals surface area contributed by atoms with Crippen molar-refractivity contribution in [1.29, 1.82) is 0 Å². The minimum absolute atomic E-state index is 0.0380. The Morgan fingerprint density at radius 2 is 1.96 bits per heavy atom. The average molecular weight is 356 g/mol. The molecule has 0 aliphatic rings. The average Bonchev–Trinajstić information content (AvgIpc) is 3.30. The molecule has 25 heavy (non-hydrogen) atoms. The number of nitrogens with zero attached hydrogens (tertiary/aromatic N) is 1. The molecule has 132 valence electrons. The first-order valence-electron chi connectivity index (χ1n) is 8.57. The van der Waals surface area contributed by atoms with E-state index in [9.17, 15) is 0 Å². The van der Waals surface area contributed by atoms with Crippen LogP contribution in [0.15, 0.2) is 59.3 Å². The summed E-state index contributed by atoms with van der Waals surface area (Å²) >= 11 is 1.71. The quantitative estimate of drug-likeness (QED) is 0.592. The highest BCUT2D eigenvalue weighted by molar-refractivity contribution is 7.15. The first kappa shape index (κ1) is 17.9. The monoisotopic (exact) mass is 356 g/mol. The largest absolute Gasteiger partial charge is 0.468 e. The molecule has 4 nitrogen and oxygen atoms in total. The number of furan rings is 1. The number of aromatic nitrogens is 1. The molecule has 0 saturated heterocycles. The van der Waals surface area contributed by atoms with Gasteiger partial charge in [0.1, 0.15) is 10.8 Å². The summed E-state index contributed by atoms with van der Waals surface area (Å²) in [4.78, 5) is 5.73. The van der Waals surface area contributed by atoms with Gasteiger partial charge in [0.2, 0.25) is 0 Å². The zero-order chi connectivity index (χ0) is 17.5. The van der Waals surface area contributed by atoms with E-state index in [0.29, 0.717) is 12.5 Å². The van der Waals surface area contributed by atoms with Crippen molar-refractivity contribution < 1.29 is 9.15 Å². The van der Waals surface area contributed by atoms with Crippen LogP contribution in [-0.4, -0.2) is 18.2 Å². The third-order valence-electron chi connectivity index (χ3n) is 3.72. The Hall–Kier alpha value is -1.95. The molecule has 5 heteroatoms. The Morgan fingerprint density at radius 3 is 2.68 bits per heavy atom. The van der Waals surface area contributed by atoms with Crippen molar-refractivity contribution in [3.63, 3.8) is 0 Å². The highest BCUT2D eigenvalue weighted by atomic mass is 32.1. The van der Waals surface area contributed by atoms with Gasteiger partial charge in [0, 0.05) is 29.8 Å². The predicted molar refractivity (Wildman–Crippen MR) is 101 cm³/mol. The van der Waals surface area contributed by atoms with E-state index in [1.165, 1.54) is 4.88 Å². The maximum Gasteiger partial charge on any atom is 0.123 e. The molecular weight excluding hydrogens is 332 g/mol. The van der Waals surface area contributed by atoms with Crippen LogP contribution < -0.4 is 5.32 Å². The summed E-state index contributed by atoms with van der Waals surface area (Å²) in [6.45, 7) is 6.38. The number of hydrogen-bond donors (Lipinski definition) is 1. The van der Waals surface area contributed by atoms with Gasteiger partial charge in [0.15, 0.2) is 0 Å². The van der Waals surface area contributed by atoms with Gasteiger partial charge >= 0.3 is 0 Å². The molecule has 2 heterocycles. The Bertz CT molecular complexity index is 738. The molecule has 0 bridgehead atoms. The first-order chi connectivity index (χ1) is 12.2. The van der Waals surface area contributed by atoms with Gasteiger partial charge in [-0.05, 0) is 18.1 Å². The Morgan fingerprint density at radius 1 is 1.12 bits per heavy atom. The van der Waals surface area contributed by atoms with Crippen molar-refractivity contribution in [2.45, 2.75) is 26.4 Å². The minimum atomic E-state index is 0.0380. The minimum Gasteiger partial charge on any atom is -0.468 e. The van der Waals surface area contributed by atoms with E-state index >= 15 is 0 Å². The lowest BCUT2D eigenvalue weighted by atomic mass is 10.2. The topological polar surface area (TPSA) is 47.3 Å². The number of benzene rings is 1. The zero-order valence-corrected chi connectivity index (χ0v) is 15.5. The number of hydrogen-bond acceptors (Lipinski definition) is 5.